The fourth-order valence-corrected chi connectivity index (χ4v) is 2.24. The van der Waals surface area contributed by atoms with Crippen LogP contribution >= 0.6 is 11.6 Å². The molecule has 0 aliphatic rings. The molecule has 0 saturated heterocycles. The van der Waals surface area contributed by atoms with Gasteiger partial charge in [0.05, 0.1) is 18.5 Å². The van der Waals surface area contributed by atoms with Crippen LogP contribution in [-0.2, 0) is 11.2 Å². The lowest BCUT2D eigenvalue weighted by atomic mass is 10.1. The lowest BCUT2D eigenvalue weighted by Gasteiger charge is -2.10. The first-order valence-corrected chi connectivity index (χ1v) is 6.94. The van der Waals surface area contributed by atoms with E-state index in [4.69, 9.17) is 22.1 Å². The summed E-state index contributed by atoms with van der Waals surface area (Å²) in [5.41, 5.74) is 6.19. The Morgan fingerprint density at radius 2 is 2.09 bits per heavy atom. The third kappa shape index (κ3) is 4.10. The number of nitrogens with two attached hydrogens (primary N) is 1. The van der Waals surface area contributed by atoms with Crippen LogP contribution in [0.2, 0.25) is 5.02 Å². The number of carbonyl (C=O) groups excluding carboxylic acids is 1. The first kappa shape index (κ1) is 16.6. The van der Waals surface area contributed by atoms with Crippen LogP contribution < -0.4 is 15.8 Å². The van der Waals surface area contributed by atoms with Crippen LogP contribution in [0.4, 0.5) is 17.1 Å². The predicted molar refractivity (Wildman–Crippen MR) is 87.8 cm³/mol. The van der Waals surface area contributed by atoms with E-state index in [1.165, 1.54) is 25.3 Å². The van der Waals surface area contributed by atoms with Crippen molar-refractivity contribution in [3.63, 3.8) is 0 Å². The third-order valence-corrected chi connectivity index (χ3v) is 3.34. The van der Waals surface area contributed by atoms with Gasteiger partial charge in [0, 0.05) is 22.3 Å². The van der Waals surface area contributed by atoms with E-state index in [0.29, 0.717) is 16.3 Å². The highest BCUT2D eigenvalue weighted by atomic mass is 35.5. The Morgan fingerprint density at radius 1 is 1.35 bits per heavy atom. The van der Waals surface area contributed by atoms with Crippen LogP contribution in [-0.4, -0.2) is 17.9 Å². The van der Waals surface area contributed by atoms with Gasteiger partial charge in [-0.1, -0.05) is 11.6 Å². The number of hydrogen-bond acceptors (Lipinski definition) is 5. The van der Waals surface area contributed by atoms with Crippen LogP contribution in [0.3, 0.4) is 0 Å². The van der Waals surface area contributed by atoms with Crippen molar-refractivity contribution in [1.29, 1.82) is 0 Å². The summed E-state index contributed by atoms with van der Waals surface area (Å²) in [5.74, 6) is 0.178. The van der Waals surface area contributed by atoms with Crippen molar-refractivity contribution < 1.29 is 14.5 Å². The van der Waals surface area contributed by atoms with E-state index in [-0.39, 0.29) is 29.4 Å². The van der Waals surface area contributed by atoms with E-state index in [1.807, 2.05) is 0 Å². The Hall–Kier alpha value is -2.80. The van der Waals surface area contributed by atoms with Crippen molar-refractivity contribution in [2.75, 3.05) is 18.2 Å². The van der Waals surface area contributed by atoms with Gasteiger partial charge in [-0.15, -0.1) is 0 Å². The fraction of sp³-hybridized carbons (Fsp3) is 0.133. The third-order valence-electron chi connectivity index (χ3n) is 3.10. The molecule has 8 heteroatoms. The number of nitro groups is 1. The van der Waals surface area contributed by atoms with Gasteiger partial charge in [-0.2, -0.15) is 0 Å². The molecule has 0 fully saturated rings. The van der Waals surface area contributed by atoms with Gasteiger partial charge in [0.25, 0.3) is 5.69 Å². The largest absolute Gasteiger partial charge is 0.496 e. The molecule has 1 amide bonds. The van der Waals surface area contributed by atoms with Gasteiger partial charge >= 0.3 is 0 Å². The molecule has 7 nitrogen and oxygen atoms in total. The highest BCUT2D eigenvalue weighted by Crippen LogP contribution is 2.26. The second kappa shape index (κ2) is 6.97. The Kier molecular flexibility index (Phi) is 5.02. The van der Waals surface area contributed by atoms with Crippen molar-refractivity contribution in [2.24, 2.45) is 0 Å². The fourth-order valence-electron chi connectivity index (χ4n) is 2.04. The summed E-state index contributed by atoms with van der Waals surface area (Å²) in [6.45, 7) is 0. The standard InChI is InChI=1S/C15H14ClN3O4/c1-23-14-5-2-10(16)6-9(14)7-15(20)18-11-3-4-12(17)13(8-11)19(21)22/h2-6,8H,7,17H2,1H3,(H,18,20). The number of nitrogen functional groups attached to an aromatic ring is 1. The van der Waals surface area contributed by atoms with E-state index >= 15 is 0 Å². The summed E-state index contributed by atoms with van der Waals surface area (Å²) in [4.78, 5) is 22.4. The molecule has 2 aromatic rings. The van der Waals surface area contributed by atoms with E-state index < -0.39 is 4.92 Å². The average Bonchev–Trinajstić information content (AvgIpc) is 2.49. The normalized spacial score (nSPS) is 10.2. The molecule has 3 N–H and O–H groups in total. The minimum absolute atomic E-state index is 0.0158. The highest BCUT2D eigenvalue weighted by molar-refractivity contribution is 6.30. The summed E-state index contributed by atoms with van der Waals surface area (Å²) in [5, 5.41) is 13.9. The number of hydrogen-bond donors (Lipinski definition) is 2. The van der Waals surface area contributed by atoms with Crippen molar-refractivity contribution >= 4 is 34.6 Å². The second-order valence-electron chi connectivity index (χ2n) is 4.71. The van der Waals surface area contributed by atoms with Crippen LogP contribution in [0, 0.1) is 10.1 Å². The topological polar surface area (TPSA) is 107 Å². The van der Waals surface area contributed by atoms with E-state index in [0.717, 1.165) is 0 Å². The molecule has 0 unspecified atom stereocenters. The molecule has 0 saturated carbocycles. The number of benzene rings is 2. The van der Waals surface area contributed by atoms with Gasteiger partial charge in [0.2, 0.25) is 5.91 Å². The number of anilines is 2. The number of ether oxygens (including phenoxy) is 1. The SMILES string of the molecule is COc1ccc(Cl)cc1CC(=O)Nc1ccc(N)c([N+](=O)[O-])c1. The van der Waals surface area contributed by atoms with Crippen molar-refractivity contribution in [2.45, 2.75) is 6.42 Å². The summed E-state index contributed by atoms with van der Waals surface area (Å²) >= 11 is 5.91. The van der Waals surface area contributed by atoms with E-state index in [2.05, 4.69) is 5.32 Å². The maximum absolute atomic E-state index is 12.1. The predicted octanol–water partition coefficient (Wildman–Crippen LogP) is 3.02. The Balaban J connectivity index is 2.16. The minimum Gasteiger partial charge on any atom is -0.496 e. The molecule has 0 aliphatic heterocycles. The van der Waals surface area contributed by atoms with Crippen LogP contribution in [0.1, 0.15) is 5.56 Å². The minimum atomic E-state index is -0.606. The molecular formula is C15H14ClN3O4. The maximum Gasteiger partial charge on any atom is 0.294 e. The molecule has 0 atom stereocenters. The quantitative estimate of drug-likeness (QED) is 0.496. The first-order chi connectivity index (χ1) is 10.9. The number of amides is 1. The van der Waals surface area contributed by atoms with Gasteiger partial charge in [-0.05, 0) is 30.3 Å². The molecule has 0 heterocycles. The molecule has 23 heavy (non-hydrogen) atoms. The van der Waals surface area contributed by atoms with E-state index in [9.17, 15) is 14.9 Å². The zero-order valence-electron chi connectivity index (χ0n) is 12.2. The molecular weight excluding hydrogens is 322 g/mol. The Labute approximate surface area is 137 Å². The molecule has 2 aromatic carbocycles. The zero-order chi connectivity index (χ0) is 17.0. The van der Waals surface area contributed by atoms with Gasteiger partial charge in [-0.25, -0.2) is 0 Å². The van der Waals surface area contributed by atoms with Crippen molar-refractivity contribution in [3.8, 4) is 5.75 Å². The summed E-state index contributed by atoms with van der Waals surface area (Å²) in [6.07, 6.45) is 0.0158. The van der Waals surface area contributed by atoms with Crippen molar-refractivity contribution in [1.82, 2.24) is 0 Å². The highest BCUT2D eigenvalue weighted by Gasteiger charge is 2.14. The Bertz CT molecular complexity index is 764. The Morgan fingerprint density at radius 3 is 2.74 bits per heavy atom. The van der Waals surface area contributed by atoms with Gasteiger partial charge in [-0.3, -0.25) is 14.9 Å². The molecule has 2 rings (SSSR count). The van der Waals surface area contributed by atoms with Crippen LogP contribution in [0.15, 0.2) is 36.4 Å². The molecule has 0 radical (unpaired) electrons. The second-order valence-corrected chi connectivity index (χ2v) is 5.15. The van der Waals surface area contributed by atoms with Crippen LogP contribution in [0.5, 0.6) is 5.75 Å². The number of nitrogens with zero attached hydrogens (tertiary/aromatic N) is 1. The number of methoxy groups -OCH3 is 1. The van der Waals surface area contributed by atoms with Crippen LogP contribution in [0.25, 0.3) is 0 Å². The number of halogens is 1. The number of rotatable bonds is 5. The van der Waals surface area contributed by atoms with E-state index in [1.54, 1.807) is 18.2 Å². The molecule has 0 aromatic heterocycles. The van der Waals surface area contributed by atoms with Crippen molar-refractivity contribution in [3.05, 3.63) is 57.1 Å². The molecule has 120 valence electrons. The zero-order valence-corrected chi connectivity index (χ0v) is 13.0. The monoisotopic (exact) mass is 335 g/mol. The lowest BCUT2D eigenvalue weighted by Crippen LogP contribution is -2.15. The van der Waals surface area contributed by atoms with Gasteiger partial charge in [0.1, 0.15) is 11.4 Å². The number of nitro benzene ring substituents is 1. The summed E-state index contributed by atoms with van der Waals surface area (Å²) in [6, 6.07) is 9.03. The number of nitrogens with one attached hydrogen (secondary N) is 1. The summed E-state index contributed by atoms with van der Waals surface area (Å²) < 4.78 is 5.17. The molecule has 0 spiro atoms. The average molecular weight is 336 g/mol. The molecule has 0 bridgehead atoms. The first-order valence-electron chi connectivity index (χ1n) is 6.57. The summed E-state index contributed by atoms with van der Waals surface area (Å²) in [7, 11) is 1.49. The maximum atomic E-state index is 12.1. The van der Waals surface area contributed by atoms with Gasteiger partial charge < -0.3 is 15.8 Å². The number of carbonyl (C=O) groups is 1. The van der Waals surface area contributed by atoms with Gasteiger partial charge in [0.15, 0.2) is 0 Å². The lowest BCUT2D eigenvalue weighted by molar-refractivity contribution is -0.383. The smallest absolute Gasteiger partial charge is 0.294 e. The molecule has 0 aliphatic carbocycles.